The number of rotatable bonds is 4. The molecule has 4 rings (SSSR count). The van der Waals surface area contributed by atoms with Crippen LogP contribution in [0.25, 0.3) is 10.8 Å². The second kappa shape index (κ2) is 7.45. The number of fused-ring (bicyclic) bond motifs is 1. The Morgan fingerprint density at radius 1 is 0.929 bits per heavy atom. The van der Waals surface area contributed by atoms with Crippen LogP contribution in [0.5, 0.6) is 5.75 Å². The molecule has 0 aliphatic carbocycles. The molecule has 1 fully saturated rings. The lowest BCUT2D eigenvalue weighted by Gasteiger charge is -2.40. The van der Waals surface area contributed by atoms with Crippen LogP contribution in [0.2, 0.25) is 0 Å². The fraction of sp³-hybridized carbons (Fsp3) is 0.273. The number of nitrogens with zero attached hydrogens (tertiary/aromatic N) is 2. The van der Waals surface area contributed by atoms with Gasteiger partial charge in [-0.1, -0.05) is 30.3 Å². The van der Waals surface area contributed by atoms with E-state index in [4.69, 9.17) is 4.74 Å². The molecule has 6 heteroatoms. The van der Waals surface area contributed by atoms with Crippen molar-refractivity contribution >= 4 is 26.5 Å². The summed E-state index contributed by atoms with van der Waals surface area (Å²) in [4.78, 5) is 2.60. The largest absolute Gasteiger partial charge is 0.497 e. The van der Waals surface area contributed by atoms with E-state index in [2.05, 4.69) is 11.8 Å². The van der Waals surface area contributed by atoms with E-state index in [1.165, 1.54) is 0 Å². The van der Waals surface area contributed by atoms with Gasteiger partial charge in [0.2, 0.25) is 10.0 Å². The third-order valence-electron chi connectivity index (χ3n) is 5.35. The molecule has 1 aliphatic rings. The van der Waals surface area contributed by atoms with E-state index in [9.17, 15) is 8.42 Å². The second-order valence-corrected chi connectivity index (χ2v) is 9.05. The summed E-state index contributed by atoms with van der Waals surface area (Å²) in [7, 11) is -1.87. The summed E-state index contributed by atoms with van der Waals surface area (Å²) in [6.45, 7) is 3.64. The highest BCUT2D eigenvalue weighted by atomic mass is 32.2. The van der Waals surface area contributed by atoms with Gasteiger partial charge in [-0.05, 0) is 54.1 Å². The quantitative estimate of drug-likeness (QED) is 0.674. The topological polar surface area (TPSA) is 49.9 Å². The minimum absolute atomic E-state index is 0.0809. The number of anilines is 1. The third-order valence-corrected chi connectivity index (χ3v) is 7.21. The Kier molecular flexibility index (Phi) is 5.00. The molecule has 1 aliphatic heterocycles. The first kappa shape index (κ1) is 18.8. The van der Waals surface area contributed by atoms with Crippen molar-refractivity contribution < 1.29 is 13.2 Å². The van der Waals surface area contributed by atoms with Gasteiger partial charge in [-0.2, -0.15) is 4.31 Å². The van der Waals surface area contributed by atoms with Crippen molar-refractivity contribution in [1.29, 1.82) is 0 Å². The minimum atomic E-state index is -3.52. The van der Waals surface area contributed by atoms with E-state index in [-0.39, 0.29) is 6.04 Å². The van der Waals surface area contributed by atoms with Crippen LogP contribution in [-0.2, 0) is 10.0 Å². The van der Waals surface area contributed by atoms with E-state index in [0.717, 1.165) is 22.2 Å². The van der Waals surface area contributed by atoms with Crippen LogP contribution in [0.1, 0.15) is 6.92 Å². The molecule has 0 bridgehead atoms. The maximum absolute atomic E-state index is 13.2. The highest BCUT2D eigenvalue weighted by Crippen LogP contribution is 2.27. The highest BCUT2D eigenvalue weighted by molar-refractivity contribution is 7.89. The van der Waals surface area contributed by atoms with Gasteiger partial charge in [-0.25, -0.2) is 8.42 Å². The highest BCUT2D eigenvalue weighted by Gasteiger charge is 2.32. The predicted molar refractivity (Wildman–Crippen MR) is 113 cm³/mol. The predicted octanol–water partition coefficient (Wildman–Crippen LogP) is 3.75. The Morgan fingerprint density at radius 3 is 2.32 bits per heavy atom. The lowest BCUT2D eigenvalue weighted by Crippen LogP contribution is -2.53. The van der Waals surface area contributed by atoms with Gasteiger partial charge in [0.25, 0.3) is 0 Å². The molecule has 1 heterocycles. The van der Waals surface area contributed by atoms with Crippen molar-refractivity contribution in [3.8, 4) is 5.75 Å². The molecule has 0 radical (unpaired) electrons. The Balaban J connectivity index is 1.54. The first-order valence-corrected chi connectivity index (χ1v) is 10.8. The van der Waals surface area contributed by atoms with Gasteiger partial charge in [0, 0.05) is 31.4 Å². The van der Waals surface area contributed by atoms with E-state index in [0.29, 0.717) is 24.5 Å². The number of sulfonamides is 1. The maximum atomic E-state index is 13.2. The van der Waals surface area contributed by atoms with Crippen molar-refractivity contribution in [2.24, 2.45) is 0 Å². The lowest BCUT2D eigenvalue weighted by molar-refractivity contribution is 0.342. The molecular formula is C22H24N2O3S. The summed E-state index contributed by atoms with van der Waals surface area (Å²) in [5, 5.41) is 1.98. The number of methoxy groups -OCH3 is 1. The Bertz CT molecular complexity index is 1080. The zero-order chi connectivity index (χ0) is 19.7. The monoisotopic (exact) mass is 396 g/mol. The summed E-state index contributed by atoms with van der Waals surface area (Å²) in [6.07, 6.45) is 0. The molecule has 5 nitrogen and oxygen atoms in total. The number of piperazine rings is 1. The molecule has 1 saturated heterocycles. The molecular weight excluding hydrogens is 372 g/mol. The Hall–Kier alpha value is -2.57. The standard InChI is InChI=1S/C22H24N2O3S/c1-17-16-23(13-14-24(17)20-8-10-21(27-2)11-9-20)28(25,26)22-12-7-18-5-3-4-6-19(18)15-22/h3-12,15,17H,13-14,16H2,1-2H3. The maximum Gasteiger partial charge on any atom is 0.243 e. The summed E-state index contributed by atoms with van der Waals surface area (Å²) < 4.78 is 33.2. The van der Waals surface area contributed by atoms with Gasteiger partial charge >= 0.3 is 0 Å². The van der Waals surface area contributed by atoms with E-state index < -0.39 is 10.0 Å². The van der Waals surface area contributed by atoms with Crippen LogP contribution < -0.4 is 9.64 Å². The second-order valence-electron chi connectivity index (χ2n) is 7.11. The fourth-order valence-corrected chi connectivity index (χ4v) is 5.32. The smallest absolute Gasteiger partial charge is 0.243 e. The van der Waals surface area contributed by atoms with Crippen LogP contribution in [0.4, 0.5) is 5.69 Å². The van der Waals surface area contributed by atoms with Gasteiger partial charge in [0.15, 0.2) is 0 Å². The van der Waals surface area contributed by atoms with Crippen molar-refractivity contribution in [3.63, 3.8) is 0 Å². The third kappa shape index (κ3) is 3.45. The van der Waals surface area contributed by atoms with Crippen molar-refractivity contribution in [2.45, 2.75) is 17.9 Å². The van der Waals surface area contributed by atoms with E-state index in [1.54, 1.807) is 23.5 Å². The molecule has 0 aromatic heterocycles. The van der Waals surface area contributed by atoms with Crippen LogP contribution >= 0.6 is 0 Å². The van der Waals surface area contributed by atoms with Gasteiger partial charge in [0.1, 0.15) is 5.75 Å². The average Bonchev–Trinajstić information content (AvgIpc) is 2.73. The summed E-state index contributed by atoms with van der Waals surface area (Å²) >= 11 is 0. The first-order valence-electron chi connectivity index (χ1n) is 9.39. The number of benzene rings is 3. The van der Waals surface area contributed by atoms with E-state index in [1.807, 2.05) is 54.6 Å². The molecule has 0 amide bonds. The van der Waals surface area contributed by atoms with Crippen LogP contribution in [0.3, 0.4) is 0 Å². The normalized spacial score (nSPS) is 18.4. The van der Waals surface area contributed by atoms with E-state index >= 15 is 0 Å². The van der Waals surface area contributed by atoms with Gasteiger partial charge in [-0.3, -0.25) is 0 Å². The van der Waals surface area contributed by atoms with Crippen molar-refractivity contribution in [3.05, 3.63) is 66.7 Å². The zero-order valence-corrected chi connectivity index (χ0v) is 16.9. The first-order chi connectivity index (χ1) is 13.5. The molecule has 1 unspecified atom stereocenters. The molecule has 3 aromatic carbocycles. The number of hydrogen-bond donors (Lipinski definition) is 0. The minimum Gasteiger partial charge on any atom is -0.497 e. The molecule has 3 aromatic rings. The lowest BCUT2D eigenvalue weighted by atomic mass is 10.1. The van der Waals surface area contributed by atoms with Crippen molar-refractivity contribution in [2.75, 3.05) is 31.6 Å². The summed E-state index contributed by atoms with van der Waals surface area (Å²) in [5.41, 5.74) is 1.08. The van der Waals surface area contributed by atoms with Gasteiger partial charge in [-0.15, -0.1) is 0 Å². The number of ether oxygens (including phenoxy) is 1. The van der Waals surface area contributed by atoms with Crippen LogP contribution in [-0.4, -0.2) is 45.5 Å². The van der Waals surface area contributed by atoms with Crippen LogP contribution in [0.15, 0.2) is 71.6 Å². The average molecular weight is 397 g/mol. The molecule has 0 saturated carbocycles. The van der Waals surface area contributed by atoms with Crippen LogP contribution in [0, 0.1) is 0 Å². The SMILES string of the molecule is COc1ccc(N2CCN(S(=O)(=O)c3ccc4ccccc4c3)CC2C)cc1. The zero-order valence-electron chi connectivity index (χ0n) is 16.1. The molecule has 146 valence electrons. The molecule has 28 heavy (non-hydrogen) atoms. The van der Waals surface area contributed by atoms with Gasteiger partial charge < -0.3 is 9.64 Å². The molecule has 0 spiro atoms. The van der Waals surface area contributed by atoms with Gasteiger partial charge in [0.05, 0.1) is 12.0 Å². The number of hydrogen-bond acceptors (Lipinski definition) is 4. The molecule has 0 N–H and O–H groups in total. The Labute approximate surface area is 166 Å². The summed E-state index contributed by atoms with van der Waals surface area (Å²) in [5.74, 6) is 0.814. The van der Waals surface area contributed by atoms with Crippen molar-refractivity contribution in [1.82, 2.24) is 4.31 Å². The summed E-state index contributed by atoms with van der Waals surface area (Å²) in [6, 6.07) is 21.1. The fourth-order valence-electron chi connectivity index (χ4n) is 3.78. The molecule has 1 atom stereocenters. The Morgan fingerprint density at radius 2 is 1.64 bits per heavy atom.